The van der Waals surface area contributed by atoms with Crippen molar-refractivity contribution in [2.45, 2.75) is 45.4 Å². The molecule has 1 N–H and O–H groups in total. The molecule has 0 heterocycles. The molecule has 0 spiro atoms. The molecule has 3 nitrogen and oxygen atoms in total. The number of hydrogen-bond acceptors (Lipinski definition) is 2. The van der Waals surface area contributed by atoms with Crippen LogP contribution in [-0.4, -0.2) is 18.2 Å². The Morgan fingerprint density at radius 2 is 2.07 bits per heavy atom. The summed E-state index contributed by atoms with van der Waals surface area (Å²) in [7, 11) is 0. The van der Waals surface area contributed by atoms with Crippen molar-refractivity contribution in [1.29, 1.82) is 0 Å². The lowest BCUT2D eigenvalue weighted by Gasteiger charge is -2.20. The van der Waals surface area contributed by atoms with Crippen molar-refractivity contribution in [3.63, 3.8) is 0 Å². The van der Waals surface area contributed by atoms with Gasteiger partial charge in [0.1, 0.15) is 5.78 Å². The van der Waals surface area contributed by atoms with Gasteiger partial charge in [-0.25, -0.2) is 0 Å². The van der Waals surface area contributed by atoms with Gasteiger partial charge in [-0.3, -0.25) is 9.59 Å². The van der Waals surface area contributed by atoms with E-state index in [4.69, 9.17) is 0 Å². The second kappa shape index (κ2) is 5.78. The van der Waals surface area contributed by atoms with Gasteiger partial charge >= 0.3 is 0 Å². The van der Waals surface area contributed by atoms with Crippen molar-refractivity contribution in [2.24, 2.45) is 5.92 Å². The van der Waals surface area contributed by atoms with Crippen LogP contribution in [-0.2, 0) is 9.59 Å². The van der Waals surface area contributed by atoms with Crippen molar-refractivity contribution < 1.29 is 9.59 Å². The molecule has 1 rings (SSSR count). The van der Waals surface area contributed by atoms with Crippen LogP contribution in [0.15, 0.2) is 0 Å². The van der Waals surface area contributed by atoms with Gasteiger partial charge in [0.05, 0.1) is 0 Å². The first-order chi connectivity index (χ1) is 6.68. The van der Waals surface area contributed by atoms with E-state index in [2.05, 4.69) is 5.32 Å². The van der Waals surface area contributed by atoms with Gasteiger partial charge in [0, 0.05) is 26.3 Å². The number of Topliss-reactive ketones (excluding diaryl/α,β-unsaturated/α-hetero) is 1. The average molecular weight is 197 g/mol. The normalized spacial score (nSPS) is 18.2. The van der Waals surface area contributed by atoms with E-state index in [0.29, 0.717) is 11.7 Å². The molecule has 1 fully saturated rings. The highest BCUT2D eigenvalue weighted by Crippen LogP contribution is 2.25. The number of amides is 1. The summed E-state index contributed by atoms with van der Waals surface area (Å²) in [4.78, 5) is 21.6. The Bertz CT molecular complexity index is 203. The third-order valence-electron chi connectivity index (χ3n) is 2.83. The maximum atomic E-state index is 11.0. The summed E-state index contributed by atoms with van der Waals surface area (Å²) < 4.78 is 0. The molecule has 0 radical (unpaired) electrons. The Morgan fingerprint density at radius 1 is 1.43 bits per heavy atom. The number of nitrogens with one attached hydrogen (secondary N) is 1. The van der Waals surface area contributed by atoms with Crippen LogP contribution < -0.4 is 5.32 Å². The molecule has 3 heteroatoms. The minimum Gasteiger partial charge on any atom is -0.356 e. The van der Waals surface area contributed by atoms with E-state index < -0.39 is 0 Å². The number of carbonyl (C=O) groups excluding carboxylic acids is 2. The van der Waals surface area contributed by atoms with Crippen LogP contribution in [0.25, 0.3) is 0 Å². The average Bonchev–Trinajstić information content (AvgIpc) is 2.15. The molecule has 0 aromatic carbocycles. The van der Waals surface area contributed by atoms with E-state index in [-0.39, 0.29) is 5.91 Å². The third-order valence-corrected chi connectivity index (χ3v) is 2.83. The van der Waals surface area contributed by atoms with Gasteiger partial charge < -0.3 is 5.32 Å². The molecule has 0 bridgehead atoms. The minimum atomic E-state index is 0.0452. The summed E-state index contributed by atoms with van der Waals surface area (Å²) in [5.74, 6) is 1.17. The molecule has 0 saturated heterocycles. The molecular weight excluding hydrogens is 178 g/mol. The van der Waals surface area contributed by atoms with Crippen molar-refractivity contribution in [2.75, 3.05) is 6.54 Å². The summed E-state index contributed by atoms with van der Waals surface area (Å²) in [5.41, 5.74) is 0. The summed E-state index contributed by atoms with van der Waals surface area (Å²) >= 11 is 0. The first-order valence-electron chi connectivity index (χ1n) is 5.44. The highest BCUT2D eigenvalue weighted by Gasteiger charge is 2.17. The van der Waals surface area contributed by atoms with Gasteiger partial charge in [-0.1, -0.05) is 0 Å². The Hall–Kier alpha value is -0.860. The van der Waals surface area contributed by atoms with Crippen LogP contribution >= 0.6 is 0 Å². The van der Waals surface area contributed by atoms with Crippen molar-refractivity contribution in [3.05, 3.63) is 0 Å². The fraction of sp³-hybridized carbons (Fsp3) is 0.818. The molecule has 80 valence electrons. The molecular formula is C11H19NO2. The number of ketones is 1. The van der Waals surface area contributed by atoms with E-state index in [1.165, 1.54) is 0 Å². The molecule has 0 aromatic heterocycles. The highest BCUT2D eigenvalue weighted by molar-refractivity contribution is 5.79. The zero-order valence-electron chi connectivity index (χ0n) is 8.84. The smallest absolute Gasteiger partial charge is 0.216 e. The molecule has 0 aliphatic heterocycles. The lowest BCUT2D eigenvalue weighted by Crippen LogP contribution is -2.22. The second-order valence-electron chi connectivity index (χ2n) is 4.11. The first kappa shape index (κ1) is 11.2. The Balaban J connectivity index is 2.02. The number of rotatable bonds is 4. The van der Waals surface area contributed by atoms with E-state index in [0.717, 1.165) is 45.1 Å². The Kier molecular flexibility index (Phi) is 4.63. The van der Waals surface area contributed by atoms with Crippen molar-refractivity contribution >= 4 is 11.7 Å². The van der Waals surface area contributed by atoms with Gasteiger partial charge in [-0.15, -0.1) is 0 Å². The summed E-state index contributed by atoms with van der Waals surface area (Å²) in [6.07, 6.45) is 5.83. The molecule has 1 aliphatic carbocycles. The quantitative estimate of drug-likeness (QED) is 0.697. The SMILES string of the molecule is CC(=O)NCCCC1CCC(=O)CC1. The zero-order chi connectivity index (χ0) is 10.4. The summed E-state index contributed by atoms with van der Waals surface area (Å²) in [6, 6.07) is 0. The Labute approximate surface area is 85.3 Å². The van der Waals surface area contributed by atoms with Crippen LogP contribution in [0.5, 0.6) is 0 Å². The molecule has 0 unspecified atom stereocenters. The second-order valence-corrected chi connectivity index (χ2v) is 4.11. The molecule has 1 saturated carbocycles. The van der Waals surface area contributed by atoms with Crippen molar-refractivity contribution in [3.8, 4) is 0 Å². The maximum Gasteiger partial charge on any atom is 0.216 e. The number of carbonyl (C=O) groups is 2. The standard InChI is InChI=1S/C11H19NO2/c1-9(13)12-8-2-3-10-4-6-11(14)7-5-10/h10H,2-8H2,1H3,(H,12,13). The van der Waals surface area contributed by atoms with E-state index in [1.807, 2.05) is 0 Å². The maximum absolute atomic E-state index is 11.0. The minimum absolute atomic E-state index is 0.0452. The van der Waals surface area contributed by atoms with Crippen LogP contribution in [0.2, 0.25) is 0 Å². The number of hydrogen-bond donors (Lipinski definition) is 1. The van der Waals surface area contributed by atoms with Crippen LogP contribution in [0.1, 0.15) is 45.4 Å². The Morgan fingerprint density at radius 3 is 2.64 bits per heavy atom. The van der Waals surface area contributed by atoms with E-state index >= 15 is 0 Å². The van der Waals surface area contributed by atoms with Crippen LogP contribution in [0, 0.1) is 5.92 Å². The molecule has 0 atom stereocenters. The van der Waals surface area contributed by atoms with Gasteiger partial charge in [-0.05, 0) is 31.6 Å². The fourth-order valence-electron chi connectivity index (χ4n) is 1.94. The lowest BCUT2D eigenvalue weighted by molar-refractivity contribution is -0.121. The monoisotopic (exact) mass is 197 g/mol. The van der Waals surface area contributed by atoms with Crippen molar-refractivity contribution in [1.82, 2.24) is 5.32 Å². The summed E-state index contributed by atoms with van der Waals surface area (Å²) in [6.45, 7) is 2.32. The molecule has 0 aromatic rings. The van der Waals surface area contributed by atoms with Gasteiger partial charge in [-0.2, -0.15) is 0 Å². The van der Waals surface area contributed by atoms with Gasteiger partial charge in [0.15, 0.2) is 0 Å². The van der Waals surface area contributed by atoms with E-state index in [1.54, 1.807) is 6.92 Å². The summed E-state index contributed by atoms with van der Waals surface area (Å²) in [5, 5.41) is 2.79. The highest BCUT2D eigenvalue weighted by atomic mass is 16.1. The predicted molar refractivity (Wildman–Crippen MR) is 54.9 cm³/mol. The largest absolute Gasteiger partial charge is 0.356 e. The fourth-order valence-corrected chi connectivity index (χ4v) is 1.94. The molecule has 1 aliphatic rings. The molecule has 14 heavy (non-hydrogen) atoms. The molecule has 1 amide bonds. The first-order valence-corrected chi connectivity index (χ1v) is 5.44. The topological polar surface area (TPSA) is 46.2 Å². The van der Waals surface area contributed by atoms with Crippen LogP contribution in [0.3, 0.4) is 0 Å². The zero-order valence-corrected chi connectivity index (χ0v) is 8.84. The van der Waals surface area contributed by atoms with Gasteiger partial charge in [0.25, 0.3) is 0 Å². The predicted octanol–water partition coefficient (Wildman–Crippen LogP) is 1.66. The van der Waals surface area contributed by atoms with E-state index in [9.17, 15) is 9.59 Å². The third kappa shape index (κ3) is 4.40. The van der Waals surface area contributed by atoms with Gasteiger partial charge in [0.2, 0.25) is 5.91 Å². The lowest BCUT2D eigenvalue weighted by atomic mass is 9.85. The van der Waals surface area contributed by atoms with Crippen LogP contribution in [0.4, 0.5) is 0 Å².